The van der Waals surface area contributed by atoms with E-state index in [2.05, 4.69) is 124 Å². The van der Waals surface area contributed by atoms with E-state index in [1.165, 1.54) is 67.2 Å². The van der Waals surface area contributed by atoms with Crippen LogP contribution in [0.1, 0.15) is 142 Å². The molecular weight excluding hydrogens is 504 g/mol. The topological polar surface area (TPSA) is 0 Å². The molecule has 0 aliphatic heterocycles. The van der Waals surface area contributed by atoms with E-state index in [9.17, 15) is 0 Å². The molecule has 0 heteroatoms. The second-order valence-electron chi connectivity index (χ2n) is 17.3. The van der Waals surface area contributed by atoms with Crippen LogP contribution in [0.5, 0.6) is 0 Å². The van der Waals surface area contributed by atoms with E-state index in [-0.39, 0.29) is 21.7 Å². The van der Waals surface area contributed by atoms with Gasteiger partial charge in [-0.3, -0.25) is 0 Å². The highest BCUT2D eigenvalue weighted by molar-refractivity contribution is 5.81. The van der Waals surface area contributed by atoms with Crippen LogP contribution in [0.25, 0.3) is 11.1 Å². The van der Waals surface area contributed by atoms with Crippen LogP contribution in [0.15, 0.2) is 71.3 Å². The average Bonchev–Trinajstić information content (AvgIpc) is 3.58. The van der Waals surface area contributed by atoms with Gasteiger partial charge in [0.15, 0.2) is 0 Å². The Labute approximate surface area is 257 Å². The van der Waals surface area contributed by atoms with Crippen LogP contribution < -0.4 is 0 Å². The number of rotatable bonds is 4. The molecule has 0 amide bonds. The van der Waals surface area contributed by atoms with Crippen molar-refractivity contribution in [2.75, 3.05) is 0 Å². The zero-order valence-electron chi connectivity index (χ0n) is 28.4. The predicted molar refractivity (Wildman–Crippen MR) is 182 cm³/mol. The maximum atomic E-state index is 2.73. The lowest BCUT2D eigenvalue weighted by Crippen LogP contribution is -2.31. The maximum absolute atomic E-state index is 2.73. The fraction of sp³-hybridized carbons (Fsp3) is 0.571. The molecule has 0 radical (unpaired) electrons. The minimum atomic E-state index is 0.133. The highest BCUT2D eigenvalue weighted by Crippen LogP contribution is 2.68. The summed E-state index contributed by atoms with van der Waals surface area (Å²) in [5.74, 6) is 1.93. The van der Waals surface area contributed by atoms with Gasteiger partial charge >= 0.3 is 0 Å². The average molecular weight is 561 g/mol. The van der Waals surface area contributed by atoms with Crippen LogP contribution in [0.2, 0.25) is 0 Å². The number of hydrogen-bond acceptors (Lipinski definition) is 0. The molecule has 224 valence electrons. The second-order valence-corrected chi connectivity index (χ2v) is 17.3. The molecule has 0 aromatic heterocycles. The molecule has 0 nitrogen and oxygen atoms in total. The lowest BCUT2D eigenvalue weighted by molar-refractivity contribution is 0.220. The predicted octanol–water partition coefficient (Wildman–Crippen LogP) is 12.2. The van der Waals surface area contributed by atoms with E-state index in [1.54, 1.807) is 22.3 Å². The van der Waals surface area contributed by atoms with Gasteiger partial charge in [0.05, 0.1) is 0 Å². The number of hydrogen-bond donors (Lipinski definition) is 0. The first-order valence-corrected chi connectivity index (χ1v) is 17.0. The van der Waals surface area contributed by atoms with Gasteiger partial charge in [-0.05, 0) is 106 Å². The van der Waals surface area contributed by atoms with Crippen molar-refractivity contribution < 1.29 is 0 Å². The molecule has 0 heterocycles. The van der Waals surface area contributed by atoms with Gasteiger partial charge in [0.1, 0.15) is 0 Å². The van der Waals surface area contributed by atoms with Gasteiger partial charge in [-0.15, -0.1) is 0 Å². The van der Waals surface area contributed by atoms with Crippen molar-refractivity contribution in [3.8, 4) is 11.1 Å². The smallest absolute Gasteiger partial charge is 0.0199 e. The Balaban J connectivity index is 1.59. The molecule has 3 atom stereocenters. The van der Waals surface area contributed by atoms with Crippen LogP contribution in [-0.4, -0.2) is 0 Å². The van der Waals surface area contributed by atoms with Crippen LogP contribution >= 0.6 is 0 Å². The summed E-state index contributed by atoms with van der Waals surface area (Å²) in [5, 5.41) is 0. The summed E-state index contributed by atoms with van der Waals surface area (Å²) in [6.45, 7) is 23.9. The van der Waals surface area contributed by atoms with Crippen LogP contribution in [0.4, 0.5) is 0 Å². The first-order chi connectivity index (χ1) is 19.6. The lowest BCUT2D eigenvalue weighted by atomic mass is 9.62. The van der Waals surface area contributed by atoms with Gasteiger partial charge in [-0.25, -0.2) is 0 Å². The van der Waals surface area contributed by atoms with E-state index in [4.69, 9.17) is 0 Å². The Morgan fingerprint density at radius 1 is 0.762 bits per heavy atom. The molecule has 0 spiro atoms. The van der Waals surface area contributed by atoms with Crippen LogP contribution in [-0.2, 0) is 10.8 Å². The first-order valence-electron chi connectivity index (χ1n) is 17.0. The molecule has 3 unspecified atom stereocenters. The Morgan fingerprint density at radius 3 is 1.83 bits per heavy atom. The molecule has 2 aromatic carbocycles. The van der Waals surface area contributed by atoms with Gasteiger partial charge in [-0.2, -0.15) is 0 Å². The largest absolute Gasteiger partial charge is 0.0885 e. The fourth-order valence-corrected chi connectivity index (χ4v) is 9.03. The fourth-order valence-electron chi connectivity index (χ4n) is 9.03. The number of benzene rings is 2. The first kappa shape index (κ1) is 29.7. The Kier molecular flexibility index (Phi) is 7.15. The lowest BCUT2D eigenvalue weighted by Gasteiger charge is -2.41. The molecule has 0 saturated heterocycles. The van der Waals surface area contributed by atoms with Gasteiger partial charge in [-0.1, -0.05) is 141 Å². The van der Waals surface area contributed by atoms with E-state index >= 15 is 0 Å². The van der Waals surface area contributed by atoms with Gasteiger partial charge in [0.25, 0.3) is 0 Å². The third kappa shape index (κ3) is 4.80. The Bertz CT molecular complexity index is 1400. The van der Waals surface area contributed by atoms with Crippen LogP contribution in [0, 0.1) is 22.7 Å². The zero-order chi connectivity index (χ0) is 30.2. The van der Waals surface area contributed by atoms with Crippen molar-refractivity contribution >= 4 is 0 Å². The van der Waals surface area contributed by atoms with E-state index in [1.807, 2.05) is 5.57 Å². The maximum Gasteiger partial charge on any atom is 0.0199 e. The Hall–Kier alpha value is -2.34. The summed E-state index contributed by atoms with van der Waals surface area (Å²) in [6.07, 6.45) is 16.5. The normalized spacial score (nSPS) is 26.0. The van der Waals surface area contributed by atoms with E-state index < -0.39 is 0 Å². The molecule has 4 aliphatic rings. The zero-order valence-corrected chi connectivity index (χ0v) is 28.4. The molecule has 0 fully saturated rings. The standard InChI is InChI=1S/C42H56/c1-11-21-42(26-36(27-15-13-12-14-16-27)35-24-30(25-37(35)42)41(8,9)10)38-31-19-17-28(39(2,3)4)22-33(31)34-23-29(40(5,6)7)18-20-32(34)38/h12-13,17-20,22-23,25,27,36,38H,11,14-16,21,24,26H2,1-10H3. The number of fused-ring (bicyclic) bond motifs is 3. The summed E-state index contributed by atoms with van der Waals surface area (Å²) in [5.41, 5.74) is 15.0. The third-order valence-corrected chi connectivity index (χ3v) is 11.5. The third-order valence-electron chi connectivity index (χ3n) is 11.5. The summed E-state index contributed by atoms with van der Waals surface area (Å²) < 4.78 is 0. The van der Waals surface area contributed by atoms with Crippen molar-refractivity contribution in [3.05, 3.63) is 93.6 Å². The molecule has 4 aliphatic carbocycles. The van der Waals surface area contributed by atoms with Crippen molar-refractivity contribution in [2.24, 2.45) is 22.7 Å². The monoisotopic (exact) mass is 560 g/mol. The molecular formula is C42H56. The Morgan fingerprint density at radius 2 is 1.36 bits per heavy atom. The van der Waals surface area contributed by atoms with Gasteiger partial charge in [0.2, 0.25) is 0 Å². The van der Waals surface area contributed by atoms with Gasteiger partial charge < -0.3 is 0 Å². The summed E-state index contributed by atoms with van der Waals surface area (Å²) in [4.78, 5) is 0. The van der Waals surface area contributed by atoms with E-state index in [0.717, 1.165) is 5.92 Å². The number of allylic oxidation sites excluding steroid dienone is 6. The van der Waals surface area contributed by atoms with Crippen molar-refractivity contribution in [1.29, 1.82) is 0 Å². The highest BCUT2D eigenvalue weighted by Gasteiger charge is 2.55. The summed E-state index contributed by atoms with van der Waals surface area (Å²) >= 11 is 0. The van der Waals surface area contributed by atoms with E-state index in [0.29, 0.717) is 11.8 Å². The minimum Gasteiger partial charge on any atom is -0.0885 e. The molecule has 2 aromatic rings. The van der Waals surface area contributed by atoms with Crippen molar-refractivity contribution in [2.45, 2.75) is 131 Å². The molecule has 0 saturated carbocycles. The second kappa shape index (κ2) is 10.1. The SMILES string of the molecule is CCCC1(C2c3ccc(C(C)(C)C)cc3-c3cc(C(C)(C)C)ccc32)CC(C2CC=CCC2)C2=C1C=C(C(C)(C)C)C2. The minimum absolute atomic E-state index is 0.133. The summed E-state index contributed by atoms with van der Waals surface area (Å²) in [6, 6.07) is 15.2. The molecule has 42 heavy (non-hydrogen) atoms. The van der Waals surface area contributed by atoms with Crippen molar-refractivity contribution in [3.63, 3.8) is 0 Å². The molecule has 0 N–H and O–H groups in total. The van der Waals surface area contributed by atoms with Gasteiger partial charge in [0, 0.05) is 11.3 Å². The highest BCUT2D eigenvalue weighted by atomic mass is 14.6. The van der Waals surface area contributed by atoms with Crippen molar-refractivity contribution in [1.82, 2.24) is 0 Å². The summed E-state index contributed by atoms with van der Waals surface area (Å²) in [7, 11) is 0. The molecule has 6 rings (SSSR count). The van der Waals surface area contributed by atoms with Crippen LogP contribution in [0.3, 0.4) is 0 Å². The quantitative estimate of drug-likeness (QED) is 0.326. The molecule has 0 bridgehead atoms.